The van der Waals surface area contributed by atoms with Crippen molar-refractivity contribution in [2.24, 2.45) is 5.92 Å². The highest BCUT2D eigenvalue weighted by Crippen LogP contribution is 2.22. The molecule has 0 aliphatic carbocycles. The first kappa shape index (κ1) is 13.5. The van der Waals surface area contributed by atoms with Gasteiger partial charge in [-0.2, -0.15) is 16.7 Å². The molecule has 1 N–H and O–H groups in total. The molecule has 0 bridgehead atoms. The van der Waals surface area contributed by atoms with E-state index < -0.39 is 0 Å². The normalized spacial score (nSPS) is 16.8. The summed E-state index contributed by atoms with van der Waals surface area (Å²) >= 11 is 2.05. The second-order valence-electron chi connectivity index (χ2n) is 4.82. The van der Waals surface area contributed by atoms with Gasteiger partial charge in [0.2, 0.25) is 11.8 Å². The van der Waals surface area contributed by atoms with Gasteiger partial charge in [-0.25, -0.2) is 4.98 Å². The van der Waals surface area contributed by atoms with E-state index in [4.69, 9.17) is 4.74 Å². The molecule has 0 saturated carbocycles. The number of rotatable bonds is 5. The number of hydrogen-bond donors (Lipinski definition) is 1. The van der Waals surface area contributed by atoms with Gasteiger partial charge >= 0.3 is 0 Å². The molecule has 5 heteroatoms. The van der Waals surface area contributed by atoms with Crippen molar-refractivity contribution in [2.75, 3.05) is 23.4 Å². The lowest BCUT2D eigenvalue weighted by molar-refractivity contribution is 0.232. The summed E-state index contributed by atoms with van der Waals surface area (Å²) < 4.78 is 5.55. The minimum absolute atomic E-state index is 0.142. The second-order valence-corrected chi connectivity index (χ2v) is 6.05. The van der Waals surface area contributed by atoms with Gasteiger partial charge in [0.15, 0.2) is 0 Å². The summed E-state index contributed by atoms with van der Waals surface area (Å²) in [5, 5.41) is 3.32. The van der Waals surface area contributed by atoms with Crippen LogP contribution in [0.3, 0.4) is 0 Å². The zero-order valence-corrected chi connectivity index (χ0v) is 11.9. The molecule has 100 valence electrons. The smallest absolute Gasteiger partial charge is 0.225 e. The Morgan fingerprint density at radius 3 is 2.94 bits per heavy atom. The standard InChI is InChI=1S/C13H21N3OS/c1-10(2)17-12-3-6-14-13(16-12)15-9-11-4-7-18-8-5-11/h3,6,10-11H,4-5,7-9H2,1-2H3,(H,14,15,16). The van der Waals surface area contributed by atoms with Crippen LogP contribution < -0.4 is 10.1 Å². The lowest BCUT2D eigenvalue weighted by Crippen LogP contribution is -2.20. The van der Waals surface area contributed by atoms with Crippen molar-refractivity contribution < 1.29 is 4.74 Å². The number of ether oxygens (including phenoxy) is 1. The van der Waals surface area contributed by atoms with E-state index in [1.807, 2.05) is 13.8 Å². The van der Waals surface area contributed by atoms with Crippen LogP contribution in [0.1, 0.15) is 26.7 Å². The minimum Gasteiger partial charge on any atom is -0.475 e. The Balaban J connectivity index is 1.84. The summed E-state index contributed by atoms with van der Waals surface area (Å²) in [6.45, 7) is 4.95. The van der Waals surface area contributed by atoms with Crippen LogP contribution in [0.15, 0.2) is 12.3 Å². The molecule has 1 aromatic rings. The fourth-order valence-corrected chi connectivity index (χ4v) is 3.12. The maximum Gasteiger partial charge on any atom is 0.225 e. The van der Waals surface area contributed by atoms with Crippen LogP contribution in [0.4, 0.5) is 5.95 Å². The van der Waals surface area contributed by atoms with Gasteiger partial charge in [0.1, 0.15) is 0 Å². The van der Waals surface area contributed by atoms with E-state index in [1.54, 1.807) is 12.3 Å². The first-order chi connectivity index (χ1) is 8.74. The van der Waals surface area contributed by atoms with Crippen molar-refractivity contribution in [2.45, 2.75) is 32.8 Å². The minimum atomic E-state index is 0.142. The Labute approximate surface area is 113 Å². The highest BCUT2D eigenvalue weighted by atomic mass is 32.2. The Morgan fingerprint density at radius 1 is 1.44 bits per heavy atom. The topological polar surface area (TPSA) is 47.0 Å². The van der Waals surface area contributed by atoms with Crippen molar-refractivity contribution in [3.63, 3.8) is 0 Å². The summed E-state index contributed by atoms with van der Waals surface area (Å²) in [6.07, 6.45) is 4.46. The predicted octanol–water partition coefficient (Wildman–Crippen LogP) is 2.82. The molecule has 0 unspecified atom stereocenters. The molecular weight excluding hydrogens is 246 g/mol. The third-order valence-corrected chi connectivity index (χ3v) is 3.92. The van der Waals surface area contributed by atoms with Gasteiger partial charge in [-0.1, -0.05) is 0 Å². The van der Waals surface area contributed by atoms with E-state index in [0.29, 0.717) is 11.8 Å². The molecule has 2 rings (SSSR count). The Bertz CT molecular complexity index is 367. The van der Waals surface area contributed by atoms with E-state index >= 15 is 0 Å². The average Bonchev–Trinajstić information content (AvgIpc) is 2.37. The Morgan fingerprint density at radius 2 is 2.22 bits per heavy atom. The summed E-state index contributed by atoms with van der Waals surface area (Å²) in [7, 11) is 0. The number of nitrogens with one attached hydrogen (secondary N) is 1. The van der Waals surface area contributed by atoms with Crippen molar-refractivity contribution in [1.82, 2.24) is 9.97 Å². The van der Waals surface area contributed by atoms with Crippen LogP contribution in [0.5, 0.6) is 5.88 Å². The van der Waals surface area contributed by atoms with Crippen LogP contribution >= 0.6 is 11.8 Å². The van der Waals surface area contributed by atoms with Gasteiger partial charge in [-0.05, 0) is 44.1 Å². The molecule has 4 nitrogen and oxygen atoms in total. The van der Waals surface area contributed by atoms with Gasteiger partial charge < -0.3 is 10.1 Å². The quantitative estimate of drug-likeness (QED) is 0.889. The van der Waals surface area contributed by atoms with E-state index in [2.05, 4.69) is 27.0 Å². The summed E-state index contributed by atoms with van der Waals surface area (Å²) in [4.78, 5) is 8.57. The first-order valence-electron chi connectivity index (χ1n) is 6.55. The molecule has 1 aromatic heterocycles. The van der Waals surface area contributed by atoms with E-state index in [1.165, 1.54) is 24.3 Å². The summed E-state index contributed by atoms with van der Waals surface area (Å²) in [6, 6.07) is 1.79. The van der Waals surface area contributed by atoms with Gasteiger partial charge in [0, 0.05) is 18.8 Å². The maximum absolute atomic E-state index is 5.55. The van der Waals surface area contributed by atoms with Gasteiger partial charge in [0.05, 0.1) is 6.10 Å². The lowest BCUT2D eigenvalue weighted by atomic mass is 10.0. The van der Waals surface area contributed by atoms with Crippen molar-refractivity contribution in [3.8, 4) is 5.88 Å². The molecule has 0 aromatic carbocycles. The fraction of sp³-hybridized carbons (Fsp3) is 0.692. The molecule has 1 aliphatic heterocycles. The number of anilines is 1. The van der Waals surface area contributed by atoms with E-state index in [9.17, 15) is 0 Å². The molecule has 2 heterocycles. The van der Waals surface area contributed by atoms with E-state index in [-0.39, 0.29) is 6.10 Å². The molecule has 18 heavy (non-hydrogen) atoms. The molecule has 1 fully saturated rings. The maximum atomic E-state index is 5.55. The zero-order chi connectivity index (χ0) is 12.8. The van der Waals surface area contributed by atoms with Crippen molar-refractivity contribution in [1.29, 1.82) is 0 Å². The van der Waals surface area contributed by atoms with Crippen LogP contribution in [-0.2, 0) is 0 Å². The third kappa shape index (κ3) is 4.37. The van der Waals surface area contributed by atoms with Crippen LogP contribution in [-0.4, -0.2) is 34.1 Å². The second kappa shape index (κ2) is 6.83. The van der Waals surface area contributed by atoms with Gasteiger partial charge in [-0.3, -0.25) is 0 Å². The molecule has 0 spiro atoms. The van der Waals surface area contributed by atoms with E-state index in [0.717, 1.165) is 12.5 Å². The third-order valence-electron chi connectivity index (χ3n) is 2.88. The average molecular weight is 267 g/mol. The Hall–Kier alpha value is -0.970. The van der Waals surface area contributed by atoms with Crippen LogP contribution in [0, 0.1) is 5.92 Å². The van der Waals surface area contributed by atoms with Crippen molar-refractivity contribution >= 4 is 17.7 Å². The zero-order valence-electron chi connectivity index (χ0n) is 11.1. The molecule has 0 atom stereocenters. The molecular formula is C13H21N3OS. The molecule has 1 saturated heterocycles. The number of thioether (sulfide) groups is 1. The monoisotopic (exact) mass is 267 g/mol. The van der Waals surface area contributed by atoms with Crippen LogP contribution in [0.25, 0.3) is 0 Å². The number of aromatic nitrogens is 2. The molecule has 0 radical (unpaired) electrons. The fourth-order valence-electron chi connectivity index (χ4n) is 1.92. The number of hydrogen-bond acceptors (Lipinski definition) is 5. The van der Waals surface area contributed by atoms with Gasteiger partial charge in [-0.15, -0.1) is 0 Å². The summed E-state index contributed by atoms with van der Waals surface area (Å²) in [5.74, 6) is 4.63. The highest BCUT2D eigenvalue weighted by molar-refractivity contribution is 7.99. The first-order valence-corrected chi connectivity index (χ1v) is 7.71. The Kier molecular flexibility index (Phi) is 5.11. The molecule has 0 amide bonds. The van der Waals surface area contributed by atoms with Crippen molar-refractivity contribution in [3.05, 3.63) is 12.3 Å². The number of nitrogens with zero attached hydrogens (tertiary/aromatic N) is 2. The largest absolute Gasteiger partial charge is 0.475 e. The predicted molar refractivity (Wildman–Crippen MR) is 76.3 cm³/mol. The lowest BCUT2D eigenvalue weighted by Gasteiger charge is -2.21. The van der Waals surface area contributed by atoms with Gasteiger partial charge in [0.25, 0.3) is 0 Å². The van der Waals surface area contributed by atoms with Crippen LogP contribution in [0.2, 0.25) is 0 Å². The summed E-state index contributed by atoms with van der Waals surface area (Å²) in [5.41, 5.74) is 0. The highest BCUT2D eigenvalue weighted by Gasteiger charge is 2.13. The SMILES string of the molecule is CC(C)Oc1ccnc(NCC2CCSCC2)n1. The molecule has 1 aliphatic rings.